The molecule has 0 saturated heterocycles. The van der Waals surface area contributed by atoms with Crippen molar-refractivity contribution in [1.82, 2.24) is 9.78 Å². The molecule has 0 N–H and O–H groups in total. The number of aromatic nitrogens is 2. The van der Waals surface area contributed by atoms with Crippen LogP contribution >= 0.6 is 12.6 Å². The van der Waals surface area contributed by atoms with Gasteiger partial charge in [-0.1, -0.05) is 29.8 Å². The highest BCUT2D eigenvalue weighted by atomic mass is 32.1. The lowest BCUT2D eigenvalue weighted by molar-refractivity contribution is 0.770. The van der Waals surface area contributed by atoms with Gasteiger partial charge in [0.15, 0.2) is 0 Å². The van der Waals surface area contributed by atoms with Crippen molar-refractivity contribution in [2.75, 3.05) is 0 Å². The molecule has 0 atom stereocenters. The van der Waals surface area contributed by atoms with Crippen molar-refractivity contribution in [2.45, 2.75) is 12.7 Å². The Morgan fingerprint density at radius 3 is 2.53 bits per heavy atom. The van der Waals surface area contributed by atoms with Gasteiger partial charge in [-0.3, -0.25) is 4.68 Å². The maximum absolute atomic E-state index is 4.45. The minimum absolute atomic E-state index is 0.719. The van der Waals surface area contributed by atoms with Gasteiger partial charge in [0.05, 0.1) is 5.69 Å². The summed E-state index contributed by atoms with van der Waals surface area (Å²) in [7, 11) is 1.94. The quantitative estimate of drug-likeness (QED) is 0.767. The fourth-order valence-corrected chi connectivity index (χ4v) is 1.84. The van der Waals surface area contributed by atoms with Crippen LogP contribution in [-0.4, -0.2) is 9.78 Å². The third kappa shape index (κ3) is 2.07. The predicted octanol–water partition coefficient (Wildman–Crippen LogP) is 2.83. The van der Waals surface area contributed by atoms with Crippen molar-refractivity contribution in [2.24, 2.45) is 7.05 Å². The summed E-state index contributed by atoms with van der Waals surface area (Å²) in [6, 6.07) is 8.41. The first-order valence-electron chi connectivity index (χ1n) is 4.91. The number of benzene rings is 1. The minimum atomic E-state index is 0.719. The van der Waals surface area contributed by atoms with Gasteiger partial charge in [0, 0.05) is 30.1 Å². The smallest absolute Gasteiger partial charge is 0.0963 e. The fraction of sp³-hybridized carbons (Fsp3) is 0.250. The maximum atomic E-state index is 4.45. The largest absolute Gasteiger partial charge is 0.275 e. The van der Waals surface area contributed by atoms with Gasteiger partial charge >= 0.3 is 0 Å². The third-order valence-corrected chi connectivity index (χ3v) is 2.74. The lowest BCUT2D eigenvalue weighted by Crippen LogP contribution is -1.88. The molecular formula is C12H14N2S. The van der Waals surface area contributed by atoms with E-state index in [0.717, 1.165) is 17.0 Å². The first-order valence-corrected chi connectivity index (χ1v) is 5.54. The number of hydrogen-bond donors (Lipinski definition) is 1. The average Bonchev–Trinajstić information content (AvgIpc) is 2.61. The second-order valence-electron chi connectivity index (χ2n) is 3.70. The standard InChI is InChI=1S/C12H14N2S/c1-9-3-5-10(6-4-9)12-11(8-15)7-14(2)13-12/h3-7,15H,8H2,1-2H3. The Hall–Kier alpha value is -1.22. The Kier molecular flexibility index (Phi) is 2.82. The van der Waals surface area contributed by atoms with Gasteiger partial charge in [0.2, 0.25) is 0 Å². The molecule has 2 rings (SSSR count). The van der Waals surface area contributed by atoms with Crippen LogP contribution in [0.1, 0.15) is 11.1 Å². The zero-order valence-electron chi connectivity index (χ0n) is 8.94. The SMILES string of the molecule is Cc1ccc(-c2nn(C)cc2CS)cc1. The molecule has 78 valence electrons. The van der Waals surface area contributed by atoms with Crippen molar-refractivity contribution in [1.29, 1.82) is 0 Å². The second-order valence-corrected chi connectivity index (χ2v) is 4.02. The third-order valence-electron chi connectivity index (χ3n) is 2.40. The molecule has 3 heteroatoms. The van der Waals surface area contributed by atoms with Crippen LogP contribution in [0.15, 0.2) is 30.5 Å². The van der Waals surface area contributed by atoms with E-state index >= 15 is 0 Å². The van der Waals surface area contributed by atoms with Crippen molar-refractivity contribution in [3.05, 3.63) is 41.6 Å². The number of nitrogens with zero attached hydrogens (tertiary/aromatic N) is 2. The Morgan fingerprint density at radius 1 is 1.27 bits per heavy atom. The Labute approximate surface area is 95.3 Å². The summed E-state index contributed by atoms with van der Waals surface area (Å²) in [4.78, 5) is 0. The summed E-state index contributed by atoms with van der Waals surface area (Å²) in [6.07, 6.45) is 2.02. The summed E-state index contributed by atoms with van der Waals surface area (Å²) in [5, 5.41) is 4.45. The van der Waals surface area contributed by atoms with Gasteiger partial charge in [-0.15, -0.1) is 0 Å². The molecule has 0 fully saturated rings. The van der Waals surface area contributed by atoms with Crippen LogP contribution < -0.4 is 0 Å². The predicted molar refractivity (Wildman–Crippen MR) is 66.1 cm³/mol. The van der Waals surface area contributed by atoms with Crippen LogP contribution in [0.25, 0.3) is 11.3 Å². The number of rotatable bonds is 2. The Bertz CT molecular complexity index is 457. The Balaban J connectivity index is 2.48. The molecular weight excluding hydrogens is 204 g/mol. The molecule has 1 heterocycles. The molecule has 15 heavy (non-hydrogen) atoms. The first-order chi connectivity index (χ1) is 7.20. The molecule has 2 nitrogen and oxygen atoms in total. The van der Waals surface area contributed by atoms with Gasteiger partial charge in [0.25, 0.3) is 0 Å². The van der Waals surface area contributed by atoms with Crippen LogP contribution in [0.4, 0.5) is 0 Å². The van der Waals surface area contributed by atoms with Crippen molar-refractivity contribution < 1.29 is 0 Å². The van der Waals surface area contributed by atoms with Gasteiger partial charge in [-0.05, 0) is 6.92 Å². The molecule has 0 saturated carbocycles. The van der Waals surface area contributed by atoms with Crippen molar-refractivity contribution in [3.8, 4) is 11.3 Å². The lowest BCUT2D eigenvalue weighted by Gasteiger charge is -2.00. The highest BCUT2D eigenvalue weighted by Gasteiger charge is 2.07. The lowest BCUT2D eigenvalue weighted by atomic mass is 10.1. The van der Waals surface area contributed by atoms with Crippen LogP contribution in [0.5, 0.6) is 0 Å². The minimum Gasteiger partial charge on any atom is -0.275 e. The van der Waals surface area contributed by atoms with Crippen LogP contribution in [0.3, 0.4) is 0 Å². The van der Waals surface area contributed by atoms with Gasteiger partial charge in [-0.25, -0.2) is 0 Å². The zero-order chi connectivity index (χ0) is 10.8. The number of hydrogen-bond acceptors (Lipinski definition) is 2. The Morgan fingerprint density at radius 2 is 1.93 bits per heavy atom. The first kappa shape index (κ1) is 10.3. The normalized spacial score (nSPS) is 10.6. The van der Waals surface area contributed by atoms with E-state index in [1.165, 1.54) is 11.1 Å². The molecule has 0 aliphatic heterocycles. The monoisotopic (exact) mass is 218 g/mol. The zero-order valence-corrected chi connectivity index (χ0v) is 9.83. The summed E-state index contributed by atoms with van der Waals surface area (Å²) in [6.45, 7) is 2.09. The number of aryl methyl sites for hydroxylation is 2. The molecule has 0 spiro atoms. The average molecular weight is 218 g/mol. The van der Waals surface area contributed by atoms with E-state index in [9.17, 15) is 0 Å². The van der Waals surface area contributed by atoms with Crippen LogP contribution in [0, 0.1) is 6.92 Å². The van der Waals surface area contributed by atoms with Gasteiger partial charge in [0.1, 0.15) is 0 Å². The van der Waals surface area contributed by atoms with Crippen molar-refractivity contribution >= 4 is 12.6 Å². The summed E-state index contributed by atoms with van der Waals surface area (Å²) < 4.78 is 1.83. The van der Waals surface area contributed by atoms with Crippen LogP contribution in [0.2, 0.25) is 0 Å². The summed E-state index contributed by atoms with van der Waals surface area (Å²) >= 11 is 4.31. The van der Waals surface area contributed by atoms with Crippen molar-refractivity contribution in [3.63, 3.8) is 0 Å². The van der Waals surface area contributed by atoms with E-state index in [1.54, 1.807) is 0 Å². The fourth-order valence-electron chi connectivity index (χ4n) is 1.61. The van der Waals surface area contributed by atoms with E-state index in [0.29, 0.717) is 0 Å². The molecule has 0 aliphatic carbocycles. The summed E-state index contributed by atoms with van der Waals surface area (Å²) in [5.74, 6) is 0.719. The van der Waals surface area contributed by atoms with E-state index in [1.807, 2.05) is 17.9 Å². The number of thiol groups is 1. The van der Waals surface area contributed by atoms with E-state index in [4.69, 9.17) is 0 Å². The molecule has 0 bridgehead atoms. The molecule has 0 aliphatic rings. The van der Waals surface area contributed by atoms with E-state index < -0.39 is 0 Å². The molecule has 0 amide bonds. The highest BCUT2D eigenvalue weighted by molar-refractivity contribution is 7.79. The molecule has 0 radical (unpaired) electrons. The van der Waals surface area contributed by atoms with Gasteiger partial charge < -0.3 is 0 Å². The second kappa shape index (κ2) is 4.11. The highest BCUT2D eigenvalue weighted by Crippen LogP contribution is 2.23. The van der Waals surface area contributed by atoms with E-state index in [-0.39, 0.29) is 0 Å². The van der Waals surface area contributed by atoms with E-state index in [2.05, 4.69) is 48.9 Å². The van der Waals surface area contributed by atoms with Crippen LogP contribution in [-0.2, 0) is 12.8 Å². The summed E-state index contributed by atoms with van der Waals surface area (Å²) in [5.41, 5.74) is 4.63. The molecule has 2 aromatic rings. The molecule has 1 aromatic carbocycles. The van der Waals surface area contributed by atoms with Gasteiger partial charge in [-0.2, -0.15) is 17.7 Å². The topological polar surface area (TPSA) is 17.8 Å². The molecule has 0 unspecified atom stereocenters. The molecule has 1 aromatic heterocycles. The maximum Gasteiger partial charge on any atom is 0.0963 e.